The van der Waals surface area contributed by atoms with Crippen LogP contribution in [0.15, 0.2) is 0 Å². The van der Waals surface area contributed by atoms with Crippen molar-refractivity contribution in [1.29, 1.82) is 0 Å². The number of rotatable bonds is 5. The lowest BCUT2D eigenvalue weighted by Gasteiger charge is -2.30. The molecule has 1 aliphatic heterocycles. The highest BCUT2D eigenvalue weighted by atomic mass is 16.5. The lowest BCUT2D eigenvalue weighted by Crippen LogP contribution is -2.46. The summed E-state index contributed by atoms with van der Waals surface area (Å²) in [5.41, 5.74) is 0. The molecule has 5 nitrogen and oxygen atoms in total. The SMILES string of the molecule is CCOC(=O)CCC(=O)NC1CCCN(C)C1. The van der Waals surface area contributed by atoms with Crippen LogP contribution < -0.4 is 5.32 Å². The normalized spacial score (nSPS) is 20.9. The summed E-state index contributed by atoms with van der Waals surface area (Å²) in [6, 6.07) is 0.225. The number of likely N-dealkylation sites (tertiary alicyclic amines) is 1. The van der Waals surface area contributed by atoms with Crippen molar-refractivity contribution in [2.75, 3.05) is 26.7 Å². The van der Waals surface area contributed by atoms with Crippen LogP contribution in [-0.4, -0.2) is 49.6 Å². The first-order chi connectivity index (χ1) is 8.11. The maximum absolute atomic E-state index is 11.6. The van der Waals surface area contributed by atoms with Gasteiger partial charge in [0.2, 0.25) is 5.91 Å². The summed E-state index contributed by atoms with van der Waals surface area (Å²) < 4.78 is 4.77. The molecule has 98 valence electrons. The van der Waals surface area contributed by atoms with Crippen molar-refractivity contribution in [1.82, 2.24) is 10.2 Å². The van der Waals surface area contributed by atoms with Crippen molar-refractivity contribution in [3.8, 4) is 0 Å². The zero-order valence-electron chi connectivity index (χ0n) is 10.7. The van der Waals surface area contributed by atoms with E-state index in [4.69, 9.17) is 4.74 Å². The van der Waals surface area contributed by atoms with Crippen LogP contribution in [0.5, 0.6) is 0 Å². The van der Waals surface area contributed by atoms with Gasteiger partial charge in [-0.2, -0.15) is 0 Å². The predicted molar refractivity (Wildman–Crippen MR) is 64.5 cm³/mol. The fraction of sp³-hybridized carbons (Fsp3) is 0.833. The number of nitrogens with zero attached hydrogens (tertiary/aromatic N) is 1. The molecule has 1 N–H and O–H groups in total. The Bertz CT molecular complexity index is 268. The highest BCUT2D eigenvalue weighted by molar-refractivity contribution is 5.81. The standard InChI is InChI=1S/C12H22N2O3/c1-3-17-12(16)7-6-11(15)13-10-5-4-8-14(2)9-10/h10H,3-9H2,1-2H3,(H,13,15). The van der Waals surface area contributed by atoms with Gasteiger partial charge in [0.15, 0.2) is 0 Å². The summed E-state index contributed by atoms with van der Waals surface area (Å²) in [6.45, 7) is 4.12. The Hall–Kier alpha value is -1.10. The van der Waals surface area contributed by atoms with Gasteiger partial charge in [-0.05, 0) is 33.4 Å². The molecule has 1 amide bonds. The first kappa shape index (κ1) is 14.0. The lowest BCUT2D eigenvalue weighted by molar-refractivity contribution is -0.144. The van der Waals surface area contributed by atoms with Crippen molar-refractivity contribution in [3.63, 3.8) is 0 Å². The maximum atomic E-state index is 11.6. The molecule has 0 aliphatic carbocycles. The number of nitrogens with one attached hydrogen (secondary N) is 1. The second kappa shape index (κ2) is 7.27. The zero-order chi connectivity index (χ0) is 12.7. The average Bonchev–Trinajstić information content (AvgIpc) is 2.27. The largest absolute Gasteiger partial charge is 0.466 e. The number of esters is 1. The summed E-state index contributed by atoms with van der Waals surface area (Å²) in [5.74, 6) is -0.359. The Balaban J connectivity index is 2.18. The molecular weight excluding hydrogens is 220 g/mol. The molecule has 0 radical (unpaired) electrons. The number of likely N-dealkylation sites (N-methyl/N-ethyl adjacent to an activating group) is 1. The Morgan fingerprint density at radius 3 is 2.82 bits per heavy atom. The van der Waals surface area contributed by atoms with E-state index in [-0.39, 0.29) is 30.8 Å². The molecule has 0 spiro atoms. The van der Waals surface area contributed by atoms with Crippen molar-refractivity contribution in [3.05, 3.63) is 0 Å². The first-order valence-electron chi connectivity index (χ1n) is 6.25. The van der Waals surface area contributed by atoms with Crippen molar-refractivity contribution in [2.24, 2.45) is 0 Å². The van der Waals surface area contributed by atoms with Gasteiger partial charge in [-0.3, -0.25) is 9.59 Å². The van der Waals surface area contributed by atoms with Crippen LogP contribution >= 0.6 is 0 Å². The van der Waals surface area contributed by atoms with E-state index in [0.29, 0.717) is 6.61 Å². The molecule has 0 bridgehead atoms. The summed E-state index contributed by atoms with van der Waals surface area (Å²) in [6.07, 6.45) is 2.52. The third-order valence-electron chi connectivity index (χ3n) is 2.85. The van der Waals surface area contributed by atoms with Gasteiger partial charge in [0.1, 0.15) is 0 Å². The fourth-order valence-electron chi connectivity index (χ4n) is 2.03. The fourth-order valence-corrected chi connectivity index (χ4v) is 2.03. The molecule has 1 atom stereocenters. The van der Waals surface area contributed by atoms with E-state index < -0.39 is 0 Å². The lowest BCUT2D eigenvalue weighted by atomic mass is 10.1. The van der Waals surface area contributed by atoms with Crippen LogP contribution in [0, 0.1) is 0 Å². The smallest absolute Gasteiger partial charge is 0.306 e. The molecule has 5 heteroatoms. The highest BCUT2D eigenvalue weighted by Gasteiger charge is 2.19. The summed E-state index contributed by atoms with van der Waals surface area (Å²) in [7, 11) is 2.05. The van der Waals surface area contributed by atoms with Gasteiger partial charge < -0.3 is 15.0 Å². The van der Waals surface area contributed by atoms with Crippen LogP contribution in [-0.2, 0) is 14.3 Å². The summed E-state index contributed by atoms with van der Waals surface area (Å²) >= 11 is 0. The average molecular weight is 242 g/mol. The summed E-state index contributed by atoms with van der Waals surface area (Å²) in [4.78, 5) is 24.9. The van der Waals surface area contributed by atoms with Gasteiger partial charge in [0.25, 0.3) is 0 Å². The Kier molecular flexibility index (Phi) is 5.97. The third kappa shape index (κ3) is 5.68. The topological polar surface area (TPSA) is 58.6 Å². The number of amides is 1. The molecule has 0 aromatic rings. The van der Waals surface area contributed by atoms with Gasteiger partial charge >= 0.3 is 5.97 Å². The number of hydrogen-bond donors (Lipinski definition) is 1. The monoisotopic (exact) mass is 242 g/mol. The molecule has 1 unspecified atom stereocenters. The van der Waals surface area contributed by atoms with E-state index >= 15 is 0 Å². The van der Waals surface area contributed by atoms with Crippen LogP contribution in [0.2, 0.25) is 0 Å². The second-order valence-electron chi connectivity index (χ2n) is 4.47. The number of carbonyl (C=O) groups is 2. The Morgan fingerprint density at radius 1 is 1.41 bits per heavy atom. The van der Waals surface area contributed by atoms with Crippen molar-refractivity contribution < 1.29 is 14.3 Å². The van der Waals surface area contributed by atoms with Gasteiger partial charge in [-0.25, -0.2) is 0 Å². The quantitative estimate of drug-likeness (QED) is 0.715. The number of hydrogen-bond acceptors (Lipinski definition) is 4. The number of carbonyl (C=O) groups excluding carboxylic acids is 2. The molecular formula is C12H22N2O3. The molecule has 1 saturated heterocycles. The molecule has 17 heavy (non-hydrogen) atoms. The zero-order valence-corrected chi connectivity index (χ0v) is 10.7. The van der Waals surface area contributed by atoms with Gasteiger partial charge in [0, 0.05) is 19.0 Å². The van der Waals surface area contributed by atoms with E-state index in [2.05, 4.69) is 17.3 Å². The maximum Gasteiger partial charge on any atom is 0.306 e. The van der Waals surface area contributed by atoms with E-state index in [1.165, 1.54) is 0 Å². The van der Waals surface area contributed by atoms with E-state index in [0.717, 1.165) is 25.9 Å². The van der Waals surface area contributed by atoms with Gasteiger partial charge in [-0.1, -0.05) is 0 Å². The third-order valence-corrected chi connectivity index (χ3v) is 2.85. The van der Waals surface area contributed by atoms with Crippen LogP contribution in [0.3, 0.4) is 0 Å². The van der Waals surface area contributed by atoms with Gasteiger partial charge in [0.05, 0.1) is 13.0 Å². The Morgan fingerprint density at radius 2 is 2.18 bits per heavy atom. The van der Waals surface area contributed by atoms with Gasteiger partial charge in [-0.15, -0.1) is 0 Å². The van der Waals surface area contributed by atoms with Crippen molar-refractivity contribution in [2.45, 2.75) is 38.6 Å². The van der Waals surface area contributed by atoms with Crippen LogP contribution in [0.25, 0.3) is 0 Å². The molecule has 0 saturated carbocycles. The number of piperidine rings is 1. The van der Waals surface area contributed by atoms with E-state index in [1.807, 2.05) is 0 Å². The Labute approximate surface area is 102 Å². The molecule has 0 aromatic carbocycles. The number of ether oxygens (including phenoxy) is 1. The van der Waals surface area contributed by atoms with E-state index in [1.54, 1.807) is 6.92 Å². The molecule has 1 fully saturated rings. The van der Waals surface area contributed by atoms with Crippen LogP contribution in [0.4, 0.5) is 0 Å². The van der Waals surface area contributed by atoms with E-state index in [9.17, 15) is 9.59 Å². The highest BCUT2D eigenvalue weighted by Crippen LogP contribution is 2.08. The summed E-state index contributed by atoms with van der Waals surface area (Å²) in [5, 5.41) is 2.96. The minimum Gasteiger partial charge on any atom is -0.466 e. The minimum atomic E-state index is -0.302. The molecule has 1 rings (SSSR count). The van der Waals surface area contributed by atoms with Crippen molar-refractivity contribution >= 4 is 11.9 Å². The predicted octanol–water partition coefficient (Wildman–Crippen LogP) is 0.540. The van der Waals surface area contributed by atoms with Crippen LogP contribution in [0.1, 0.15) is 32.6 Å². The molecule has 1 aliphatic rings. The minimum absolute atomic E-state index is 0.0571. The molecule has 1 heterocycles. The second-order valence-corrected chi connectivity index (χ2v) is 4.47. The molecule has 0 aromatic heterocycles. The first-order valence-corrected chi connectivity index (χ1v) is 6.25.